The minimum Gasteiger partial charge on any atom is -0.309 e. The lowest BCUT2D eigenvalue weighted by Crippen LogP contribution is -2.03. The Labute approximate surface area is 185 Å². The number of fused-ring (bicyclic) bond motifs is 1. The third-order valence-electron chi connectivity index (χ3n) is 5.47. The standard InChI is InChI=1S/C22H28N2S4/c1-5-7-8-15(6-2)11-16-12-18(26-14(16)4)22-20-19(23-28-24-20)21(27-22)17-10-9-13(3)25-17/h9-10,12,15,23-24H,5-8,11H2,1-4H3. The molecule has 0 spiro atoms. The molecule has 6 heteroatoms. The Kier molecular flexibility index (Phi) is 6.40. The first-order chi connectivity index (χ1) is 13.6. The third-order valence-corrected chi connectivity index (χ3v) is 9.73. The van der Waals surface area contributed by atoms with Crippen molar-refractivity contribution in [1.82, 2.24) is 0 Å². The molecule has 0 amide bonds. The molecule has 2 nitrogen and oxygen atoms in total. The van der Waals surface area contributed by atoms with Crippen molar-refractivity contribution in [3.8, 4) is 19.5 Å². The van der Waals surface area contributed by atoms with Gasteiger partial charge in [0, 0.05) is 19.5 Å². The van der Waals surface area contributed by atoms with Gasteiger partial charge in [-0.15, -0.1) is 34.0 Å². The van der Waals surface area contributed by atoms with E-state index in [0.29, 0.717) is 0 Å². The monoisotopic (exact) mass is 448 g/mol. The van der Waals surface area contributed by atoms with Crippen LogP contribution in [0.2, 0.25) is 0 Å². The van der Waals surface area contributed by atoms with E-state index in [4.69, 9.17) is 0 Å². The van der Waals surface area contributed by atoms with Crippen molar-refractivity contribution in [3.05, 3.63) is 33.5 Å². The number of aryl methyl sites for hydroxylation is 2. The van der Waals surface area contributed by atoms with E-state index in [1.807, 2.05) is 34.0 Å². The molecule has 4 rings (SSSR count). The smallest absolute Gasteiger partial charge is 0.0902 e. The van der Waals surface area contributed by atoms with Crippen LogP contribution in [-0.4, -0.2) is 0 Å². The molecule has 0 fully saturated rings. The Balaban J connectivity index is 1.65. The highest BCUT2D eigenvalue weighted by Crippen LogP contribution is 2.55. The molecule has 2 N–H and O–H groups in total. The molecule has 0 aromatic carbocycles. The fourth-order valence-corrected chi connectivity index (χ4v) is 7.89. The molecular formula is C22H28N2S4. The maximum atomic E-state index is 3.50. The first-order valence-corrected chi connectivity index (χ1v) is 13.4. The summed E-state index contributed by atoms with van der Waals surface area (Å²) in [6, 6.07) is 6.94. The number of thiophene rings is 3. The zero-order valence-corrected chi connectivity index (χ0v) is 20.2. The van der Waals surface area contributed by atoms with Gasteiger partial charge in [0.2, 0.25) is 0 Å². The lowest BCUT2D eigenvalue weighted by atomic mass is 9.92. The van der Waals surface area contributed by atoms with E-state index >= 15 is 0 Å². The van der Waals surface area contributed by atoms with Crippen LogP contribution in [0.5, 0.6) is 0 Å². The van der Waals surface area contributed by atoms with E-state index in [0.717, 1.165) is 5.92 Å². The summed E-state index contributed by atoms with van der Waals surface area (Å²) in [5, 5.41) is 0. The topological polar surface area (TPSA) is 24.1 Å². The van der Waals surface area contributed by atoms with Gasteiger partial charge in [-0.3, -0.25) is 0 Å². The van der Waals surface area contributed by atoms with E-state index < -0.39 is 0 Å². The molecule has 28 heavy (non-hydrogen) atoms. The summed E-state index contributed by atoms with van der Waals surface area (Å²) < 4.78 is 6.98. The quantitative estimate of drug-likeness (QED) is 0.336. The molecule has 1 aliphatic rings. The molecule has 0 saturated carbocycles. The number of anilines is 2. The summed E-state index contributed by atoms with van der Waals surface area (Å²) in [6.07, 6.45) is 6.51. The van der Waals surface area contributed by atoms with Crippen LogP contribution in [0.15, 0.2) is 18.2 Å². The van der Waals surface area contributed by atoms with Crippen LogP contribution in [0.3, 0.4) is 0 Å². The maximum absolute atomic E-state index is 3.50. The number of unbranched alkanes of at least 4 members (excludes halogenated alkanes) is 1. The van der Waals surface area contributed by atoms with Crippen molar-refractivity contribution in [2.45, 2.75) is 59.8 Å². The molecule has 4 heterocycles. The second-order valence-electron chi connectivity index (χ2n) is 7.54. The third kappa shape index (κ3) is 4.02. The molecule has 3 aromatic heterocycles. The zero-order chi connectivity index (χ0) is 19.7. The minimum absolute atomic E-state index is 0.815. The molecule has 0 saturated heterocycles. The highest BCUT2D eigenvalue weighted by atomic mass is 32.2. The Morgan fingerprint density at radius 1 is 0.929 bits per heavy atom. The summed E-state index contributed by atoms with van der Waals surface area (Å²) in [7, 11) is 0. The van der Waals surface area contributed by atoms with E-state index in [2.05, 4.69) is 55.3 Å². The zero-order valence-electron chi connectivity index (χ0n) is 17.0. The van der Waals surface area contributed by atoms with Gasteiger partial charge in [0.1, 0.15) is 0 Å². The predicted octanol–water partition coefficient (Wildman–Crippen LogP) is 8.98. The van der Waals surface area contributed by atoms with Crippen LogP contribution in [0, 0.1) is 19.8 Å². The summed E-state index contributed by atoms with van der Waals surface area (Å²) in [6.45, 7) is 9.12. The lowest BCUT2D eigenvalue weighted by molar-refractivity contribution is 0.449. The van der Waals surface area contributed by atoms with Crippen LogP contribution >= 0.6 is 46.1 Å². The lowest BCUT2D eigenvalue weighted by Gasteiger charge is -2.13. The van der Waals surface area contributed by atoms with Gasteiger partial charge in [0.25, 0.3) is 0 Å². The summed E-state index contributed by atoms with van der Waals surface area (Å²) in [5.74, 6) is 0.815. The van der Waals surface area contributed by atoms with E-state index in [9.17, 15) is 0 Å². The van der Waals surface area contributed by atoms with E-state index in [1.165, 1.54) is 72.7 Å². The second-order valence-corrected chi connectivity index (χ2v) is 11.7. The first kappa shape index (κ1) is 20.3. The van der Waals surface area contributed by atoms with Crippen LogP contribution in [0.1, 0.15) is 54.8 Å². The van der Waals surface area contributed by atoms with Gasteiger partial charge in [-0.05, 0) is 49.9 Å². The Morgan fingerprint density at radius 3 is 2.32 bits per heavy atom. The van der Waals surface area contributed by atoms with Crippen LogP contribution < -0.4 is 9.44 Å². The van der Waals surface area contributed by atoms with Gasteiger partial charge in [-0.2, -0.15) is 0 Å². The number of hydrogen-bond donors (Lipinski definition) is 2. The Morgan fingerprint density at radius 2 is 1.68 bits per heavy atom. The van der Waals surface area contributed by atoms with Gasteiger partial charge >= 0.3 is 0 Å². The SMILES string of the molecule is CCCCC(CC)Cc1cc(-c2sc(-c3ccc(C)s3)c3c2NSN3)sc1C. The number of nitrogens with one attached hydrogen (secondary N) is 2. The van der Waals surface area contributed by atoms with Crippen molar-refractivity contribution in [1.29, 1.82) is 0 Å². The predicted molar refractivity (Wildman–Crippen MR) is 132 cm³/mol. The van der Waals surface area contributed by atoms with Crippen molar-refractivity contribution >= 4 is 57.5 Å². The summed E-state index contributed by atoms with van der Waals surface area (Å²) >= 11 is 7.35. The number of rotatable bonds is 8. The second kappa shape index (κ2) is 8.82. The highest BCUT2D eigenvalue weighted by Gasteiger charge is 2.26. The fraction of sp³-hybridized carbons (Fsp3) is 0.455. The Bertz CT molecular complexity index is 950. The van der Waals surface area contributed by atoms with E-state index in [-0.39, 0.29) is 0 Å². The average molecular weight is 449 g/mol. The van der Waals surface area contributed by atoms with Crippen molar-refractivity contribution < 1.29 is 0 Å². The molecule has 3 aromatic rings. The largest absolute Gasteiger partial charge is 0.309 e. The normalized spacial score (nSPS) is 14.0. The van der Waals surface area contributed by atoms with Gasteiger partial charge in [0.05, 0.1) is 33.3 Å². The molecule has 0 aliphatic carbocycles. The average Bonchev–Trinajstić information content (AvgIpc) is 3.43. The van der Waals surface area contributed by atoms with Crippen molar-refractivity contribution in [2.24, 2.45) is 5.92 Å². The van der Waals surface area contributed by atoms with Gasteiger partial charge in [0.15, 0.2) is 0 Å². The fourth-order valence-electron chi connectivity index (χ4n) is 3.75. The van der Waals surface area contributed by atoms with Gasteiger partial charge in [-0.1, -0.05) is 39.5 Å². The molecule has 150 valence electrons. The molecule has 0 radical (unpaired) electrons. The maximum Gasteiger partial charge on any atom is 0.0902 e. The molecule has 0 bridgehead atoms. The van der Waals surface area contributed by atoms with Crippen molar-refractivity contribution in [2.75, 3.05) is 9.44 Å². The summed E-state index contributed by atoms with van der Waals surface area (Å²) in [4.78, 5) is 8.37. The minimum atomic E-state index is 0.815. The highest BCUT2D eigenvalue weighted by molar-refractivity contribution is 8.02. The molecular weight excluding hydrogens is 421 g/mol. The first-order valence-electron chi connectivity index (χ1n) is 10.1. The van der Waals surface area contributed by atoms with E-state index in [1.54, 1.807) is 17.7 Å². The Hall–Kier alpha value is -0.950. The molecule has 1 aliphatic heterocycles. The van der Waals surface area contributed by atoms with Crippen molar-refractivity contribution in [3.63, 3.8) is 0 Å². The number of hydrogen-bond acceptors (Lipinski definition) is 6. The van der Waals surface area contributed by atoms with Crippen LogP contribution in [0.25, 0.3) is 19.5 Å². The molecule has 1 atom stereocenters. The van der Waals surface area contributed by atoms with Crippen LogP contribution in [-0.2, 0) is 6.42 Å². The van der Waals surface area contributed by atoms with Crippen LogP contribution in [0.4, 0.5) is 11.4 Å². The summed E-state index contributed by atoms with van der Waals surface area (Å²) in [5.41, 5.74) is 4.08. The molecule has 1 unspecified atom stereocenters. The van der Waals surface area contributed by atoms with Gasteiger partial charge in [-0.25, -0.2) is 0 Å². The van der Waals surface area contributed by atoms with Gasteiger partial charge < -0.3 is 9.44 Å².